The minimum Gasteiger partial charge on any atom is -0.454 e. The largest absolute Gasteiger partial charge is 0.454 e. The lowest BCUT2D eigenvalue weighted by atomic mass is 10.1. The van der Waals surface area contributed by atoms with Gasteiger partial charge in [0.2, 0.25) is 0 Å². The molecule has 2 aromatic rings. The van der Waals surface area contributed by atoms with E-state index in [2.05, 4.69) is 10.6 Å². The molecule has 0 bridgehead atoms. The van der Waals surface area contributed by atoms with Crippen LogP contribution >= 0.6 is 11.8 Å². The van der Waals surface area contributed by atoms with E-state index in [4.69, 9.17) is 4.74 Å². The van der Waals surface area contributed by atoms with Gasteiger partial charge in [0.25, 0.3) is 11.8 Å². The lowest BCUT2D eigenvalue weighted by molar-refractivity contribution is -0.149. The second-order valence-corrected chi connectivity index (χ2v) is 7.30. The van der Waals surface area contributed by atoms with Crippen LogP contribution < -0.4 is 10.6 Å². The highest BCUT2D eigenvalue weighted by Gasteiger charge is 2.23. The Morgan fingerprint density at radius 2 is 1.90 bits per heavy atom. The zero-order valence-electron chi connectivity index (χ0n) is 16.2. The van der Waals surface area contributed by atoms with E-state index >= 15 is 0 Å². The summed E-state index contributed by atoms with van der Waals surface area (Å²) in [6, 6.07) is 11.8. The van der Waals surface area contributed by atoms with Crippen molar-refractivity contribution in [3.05, 3.63) is 65.5 Å². The van der Waals surface area contributed by atoms with Gasteiger partial charge < -0.3 is 15.4 Å². The van der Waals surface area contributed by atoms with E-state index in [0.29, 0.717) is 17.7 Å². The number of aryl methyl sites for hydroxylation is 1. The molecule has 2 rings (SSSR count). The molecule has 29 heavy (non-hydrogen) atoms. The molecule has 2 N–H and O–H groups in total. The molecule has 0 aliphatic heterocycles. The van der Waals surface area contributed by atoms with Gasteiger partial charge >= 0.3 is 5.97 Å². The Morgan fingerprint density at radius 3 is 2.59 bits per heavy atom. The Balaban J connectivity index is 1.94. The number of hydrogen-bond acceptors (Lipinski definition) is 5. The fourth-order valence-electron chi connectivity index (χ4n) is 2.50. The summed E-state index contributed by atoms with van der Waals surface area (Å²) in [4.78, 5) is 36.8. The molecule has 0 fully saturated rings. The fraction of sp³-hybridized carbons (Fsp3) is 0.286. The number of carbonyl (C=O) groups excluding carboxylic acids is 3. The van der Waals surface area contributed by atoms with Gasteiger partial charge in [0.05, 0.1) is 5.69 Å². The van der Waals surface area contributed by atoms with Gasteiger partial charge in [-0.05, 0) is 49.6 Å². The fourth-order valence-corrected chi connectivity index (χ4v) is 2.97. The molecular formula is C21H23FN2O4S. The summed E-state index contributed by atoms with van der Waals surface area (Å²) in [7, 11) is 0. The number of benzene rings is 2. The second-order valence-electron chi connectivity index (χ2n) is 6.31. The Morgan fingerprint density at radius 1 is 1.14 bits per heavy atom. The number of ether oxygens (including phenoxy) is 1. The quantitative estimate of drug-likeness (QED) is 0.611. The van der Waals surface area contributed by atoms with Gasteiger partial charge in [-0.3, -0.25) is 9.59 Å². The molecular weight excluding hydrogens is 395 g/mol. The van der Waals surface area contributed by atoms with Crippen molar-refractivity contribution >= 4 is 35.2 Å². The molecule has 154 valence electrons. The Labute approximate surface area is 173 Å². The van der Waals surface area contributed by atoms with Crippen LogP contribution in [0, 0.1) is 12.7 Å². The van der Waals surface area contributed by atoms with Crippen LogP contribution in [0.3, 0.4) is 0 Å². The first kappa shape index (κ1) is 22.4. The van der Waals surface area contributed by atoms with Gasteiger partial charge in [0, 0.05) is 5.56 Å². The van der Waals surface area contributed by atoms with E-state index in [1.807, 2.05) is 19.2 Å². The Bertz CT molecular complexity index is 875. The third-order valence-electron chi connectivity index (χ3n) is 3.97. The predicted molar refractivity (Wildman–Crippen MR) is 111 cm³/mol. The number of hydrogen-bond donors (Lipinski definition) is 2. The summed E-state index contributed by atoms with van der Waals surface area (Å²) in [6.45, 7) is 1.29. The van der Waals surface area contributed by atoms with Crippen molar-refractivity contribution in [3.8, 4) is 0 Å². The van der Waals surface area contributed by atoms with Crippen molar-refractivity contribution in [1.82, 2.24) is 5.32 Å². The van der Waals surface area contributed by atoms with Crippen molar-refractivity contribution in [3.63, 3.8) is 0 Å². The van der Waals surface area contributed by atoms with E-state index in [1.165, 1.54) is 30.0 Å². The van der Waals surface area contributed by atoms with Crippen molar-refractivity contribution in [2.45, 2.75) is 19.4 Å². The molecule has 0 radical (unpaired) electrons. The Kier molecular flexibility index (Phi) is 8.67. The number of amides is 2. The monoisotopic (exact) mass is 418 g/mol. The first-order valence-corrected chi connectivity index (χ1v) is 10.4. The van der Waals surface area contributed by atoms with Crippen LogP contribution in [0.2, 0.25) is 0 Å². The highest BCUT2D eigenvalue weighted by Crippen LogP contribution is 2.12. The maximum absolute atomic E-state index is 13.6. The molecule has 0 heterocycles. The second kappa shape index (κ2) is 11.2. The number of anilines is 1. The molecule has 2 aromatic carbocycles. The van der Waals surface area contributed by atoms with E-state index < -0.39 is 36.2 Å². The summed E-state index contributed by atoms with van der Waals surface area (Å²) < 4.78 is 18.6. The lowest BCUT2D eigenvalue weighted by Crippen LogP contribution is -2.43. The molecule has 0 aromatic heterocycles. The number of para-hydroxylation sites is 1. The molecule has 0 saturated carbocycles. The average Bonchev–Trinajstić information content (AvgIpc) is 2.70. The topological polar surface area (TPSA) is 84.5 Å². The Hall–Kier alpha value is -2.87. The molecule has 0 aliphatic rings. The van der Waals surface area contributed by atoms with Crippen LogP contribution in [-0.2, 0) is 14.3 Å². The minimum absolute atomic E-state index is 0.000215. The first-order chi connectivity index (χ1) is 13.9. The average molecular weight is 418 g/mol. The maximum atomic E-state index is 13.6. The molecule has 0 aliphatic carbocycles. The van der Waals surface area contributed by atoms with Gasteiger partial charge in [0.1, 0.15) is 11.9 Å². The van der Waals surface area contributed by atoms with Gasteiger partial charge in [-0.2, -0.15) is 11.8 Å². The van der Waals surface area contributed by atoms with Crippen LogP contribution in [0.15, 0.2) is 48.5 Å². The summed E-state index contributed by atoms with van der Waals surface area (Å²) in [5, 5.41) is 5.00. The standard InChI is InChI=1S/C21H23FN2O4S/c1-14-6-5-7-15(12-14)20(26)24-18(10-11-29-2)21(27)28-13-19(25)23-17-9-4-3-8-16(17)22/h3-9,12,18H,10-11,13H2,1-2H3,(H,23,25)(H,24,26)/t18-/m0/s1. The van der Waals surface area contributed by atoms with Crippen molar-refractivity contribution in [1.29, 1.82) is 0 Å². The molecule has 2 amide bonds. The van der Waals surface area contributed by atoms with Crippen LogP contribution in [0.25, 0.3) is 0 Å². The number of carbonyl (C=O) groups is 3. The van der Waals surface area contributed by atoms with Crippen LogP contribution in [0.5, 0.6) is 0 Å². The third-order valence-corrected chi connectivity index (χ3v) is 4.62. The summed E-state index contributed by atoms with van der Waals surface area (Å²) >= 11 is 1.52. The molecule has 0 spiro atoms. The number of rotatable bonds is 9. The highest BCUT2D eigenvalue weighted by atomic mass is 32.2. The number of halogens is 1. The number of nitrogens with one attached hydrogen (secondary N) is 2. The smallest absolute Gasteiger partial charge is 0.329 e. The van der Waals surface area contributed by atoms with Gasteiger partial charge in [-0.1, -0.05) is 29.8 Å². The molecule has 6 nitrogen and oxygen atoms in total. The van der Waals surface area contributed by atoms with E-state index in [-0.39, 0.29) is 5.69 Å². The lowest BCUT2D eigenvalue weighted by Gasteiger charge is -2.17. The molecule has 0 unspecified atom stereocenters. The van der Waals surface area contributed by atoms with Crippen molar-refractivity contribution in [2.75, 3.05) is 23.9 Å². The van der Waals surface area contributed by atoms with Gasteiger partial charge in [-0.15, -0.1) is 0 Å². The van der Waals surface area contributed by atoms with Gasteiger partial charge in [0.15, 0.2) is 6.61 Å². The zero-order valence-corrected chi connectivity index (χ0v) is 17.1. The van der Waals surface area contributed by atoms with Crippen LogP contribution in [0.4, 0.5) is 10.1 Å². The summed E-state index contributed by atoms with van der Waals surface area (Å²) in [6.07, 6.45) is 2.24. The molecule has 8 heteroatoms. The zero-order chi connectivity index (χ0) is 21.2. The number of esters is 1. The summed E-state index contributed by atoms with van der Waals surface area (Å²) in [5.41, 5.74) is 1.36. The minimum atomic E-state index is -0.892. The normalized spacial score (nSPS) is 11.4. The third kappa shape index (κ3) is 7.23. The predicted octanol–water partition coefficient (Wildman–Crippen LogP) is 3.17. The van der Waals surface area contributed by atoms with E-state index in [0.717, 1.165) is 5.56 Å². The van der Waals surface area contributed by atoms with Crippen molar-refractivity contribution in [2.24, 2.45) is 0 Å². The van der Waals surface area contributed by atoms with E-state index in [1.54, 1.807) is 24.3 Å². The van der Waals surface area contributed by atoms with E-state index in [9.17, 15) is 18.8 Å². The SMILES string of the molecule is CSCC[C@H](NC(=O)c1cccc(C)c1)C(=O)OCC(=O)Nc1ccccc1F. The number of thioether (sulfide) groups is 1. The van der Waals surface area contributed by atoms with Crippen molar-refractivity contribution < 1.29 is 23.5 Å². The summed E-state index contributed by atoms with van der Waals surface area (Å²) in [5.74, 6) is -1.75. The van der Waals surface area contributed by atoms with Gasteiger partial charge in [-0.25, -0.2) is 9.18 Å². The molecule has 0 saturated heterocycles. The van der Waals surface area contributed by atoms with Crippen LogP contribution in [-0.4, -0.2) is 42.4 Å². The van der Waals surface area contributed by atoms with Crippen LogP contribution in [0.1, 0.15) is 22.3 Å². The maximum Gasteiger partial charge on any atom is 0.329 e. The highest BCUT2D eigenvalue weighted by molar-refractivity contribution is 7.98. The first-order valence-electron chi connectivity index (χ1n) is 8.98. The molecule has 1 atom stereocenters.